The molecule has 0 aliphatic rings. The van der Waals surface area contributed by atoms with E-state index in [1.807, 2.05) is 30.3 Å². The van der Waals surface area contributed by atoms with Gasteiger partial charge in [0.15, 0.2) is 0 Å². The van der Waals surface area contributed by atoms with E-state index in [0.717, 1.165) is 33.4 Å². The monoisotopic (exact) mass is 366 g/mol. The second kappa shape index (κ2) is 7.68. The third kappa shape index (κ3) is 3.71. The van der Waals surface area contributed by atoms with Crippen LogP contribution in [0, 0.1) is 17.1 Å². The Morgan fingerprint density at radius 3 is 2.46 bits per heavy atom. The van der Waals surface area contributed by atoms with Gasteiger partial charge in [-0.25, -0.2) is 9.37 Å². The van der Waals surface area contributed by atoms with E-state index >= 15 is 0 Å². The number of hydrogen-bond donors (Lipinski definition) is 1. The molecule has 5 heteroatoms. The van der Waals surface area contributed by atoms with Gasteiger partial charge in [-0.05, 0) is 60.7 Å². The predicted molar refractivity (Wildman–Crippen MR) is 110 cm³/mol. The highest BCUT2D eigenvalue weighted by molar-refractivity contribution is 6.00. The highest BCUT2D eigenvalue weighted by Crippen LogP contribution is 2.24. The van der Waals surface area contributed by atoms with Crippen LogP contribution in [0.1, 0.15) is 11.1 Å². The molecule has 0 spiro atoms. The lowest BCUT2D eigenvalue weighted by molar-refractivity contribution is 0.628. The molecule has 4 rings (SSSR count). The lowest BCUT2D eigenvalue weighted by atomic mass is 10.0. The number of pyridine rings is 1. The zero-order valence-electron chi connectivity index (χ0n) is 14.8. The third-order valence-corrected chi connectivity index (χ3v) is 4.30. The van der Waals surface area contributed by atoms with Crippen molar-refractivity contribution in [3.63, 3.8) is 0 Å². The molecule has 0 aliphatic heterocycles. The zero-order chi connectivity index (χ0) is 19.3. The second-order valence-electron chi connectivity index (χ2n) is 6.18. The summed E-state index contributed by atoms with van der Waals surface area (Å²) in [7, 11) is 0. The molecule has 134 valence electrons. The Hall–Kier alpha value is -4.04. The maximum Gasteiger partial charge on any atom is 0.123 e. The summed E-state index contributed by atoms with van der Waals surface area (Å²) in [6, 6.07) is 25.1. The number of para-hydroxylation sites is 1. The number of nitrogens with zero attached hydrogens (tertiary/aromatic N) is 3. The number of halogens is 1. The zero-order valence-corrected chi connectivity index (χ0v) is 14.8. The summed E-state index contributed by atoms with van der Waals surface area (Å²) in [4.78, 5) is 4.69. The van der Waals surface area contributed by atoms with Crippen molar-refractivity contribution in [2.24, 2.45) is 5.10 Å². The van der Waals surface area contributed by atoms with Gasteiger partial charge in [-0.3, -0.25) is 5.43 Å². The van der Waals surface area contributed by atoms with Crippen LogP contribution in [0.4, 0.5) is 10.1 Å². The van der Waals surface area contributed by atoms with Crippen molar-refractivity contribution in [1.82, 2.24) is 4.98 Å². The molecule has 0 atom stereocenters. The molecule has 28 heavy (non-hydrogen) atoms. The van der Waals surface area contributed by atoms with Crippen LogP contribution >= 0.6 is 0 Å². The molecular formula is C23H15FN4. The molecule has 0 radical (unpaired) electrons. The molecule has 1 heterocycles. The van der Waals surface area contributed by atoms with Crippen molar-refractivity contribution in [2.45, 2.75) is 0 Å². The van der Waals surface area contributed by atoms with Gasteiger partial charge in [-0.1, -0.05) is 18.2 Å². The van der Waals surface area contributed by atoms with Crippen LogP contribution < -0.4 is 5.43 Å². The molecule has 4 nitrogen and oxygen atoms in total. The van der Waals surface area contributed by atoms with Crippen LogP contribution in [-0.4, -0.2) is 11.2 Å². The number of hydrazone groups is 1. The Morgan fingerprint density at radius 1 is 0.964 bits per heavy atom. The van der Waals surface area contributed by atoms with Crippen molar-refractivity contribution >= 4 is 22.8 Å². The normalized spacial score (nSPS) is 10.9. The molecule has 0 bridgehead atoms. The molecule has 0 aliphatic carbocycles. The summed E-state index contributed by atoms with van der Waals surface area (Å²) in [5.41, 5.74) is 7.66. The highest BCUT2D eigenvalue weighted by Gasteiger charge is 2.06. The maximum atomic E-state index is 13.2. The summed E-state index contributed by atoms with van der Waals surface area (Å²) in [5.74, 6) is -0.280. The predicted octanol–water partition coefficient (Wildman–Crippen LogP) is 5.36. The molecule has 0 amide bonds. The fourth-order valence-electron chi connectivity index (χ4n) is 2.87. The minimum atomic E-state index is -0.280. The molecule has 0 unspecified atom stereocenters. The van der Waals surface area contributed by atoms with Crippen LogP contribution in [0.3, 0.4) is 0 Å². The largest absolute Gasteiger partial charge is 0.279 e. The van der Waals surface area contributed by atoms with Gasteiger partial charge in [0.1, 0.15) is 5.82 Å². The number of rotatable bonds is 4. The van der Waals surface area contributed by atoms with Gasteiger partial charge < -0.3 is 0 Å². The van der Waals surface area contributed by atoms with E-state index in [9.17, 15) is 4.39 Å². The van der Waals surface area contributed by atoms with Crippen LogP contribution in [0.15, 0.2) is 84.0 Å². The van der Waals surface area contributed by atoms with Gasteiger partial charge in [0, 0.05) is 16.5 Å². The van der Waals surface area contributed by atoms with E-state index in [1.54, 1.807) is 42.6 Å². The smallest absolute Gasteiger partial charge is 0.123 e. The SMILES string of the molecule is N#Cc1ccc(N/N=C/c2cc(-c3ccc(F)cc3)nc3ccccc23)cc1. The molecule has 0 saturated heterocycles. The topological polar surface area (TPSA) is 61.1 Å². The number of aromatic nitrogens is 1. The van der Waals surface area contributed by atoms with Gasteiger partial charge in [0.25, 0.3) is 0 Å². The van der Waals surface area contributed by atoms with E-state index in [1.165, 1.54) is 12.1 Å². The number of nitrogens with one attached hydrogen (secondary N) is 1. The summed E-state index contributed by atoms with van der Waals surface area (Å²) >= 11 is 0. The highest BCUT2D eigenvalue weighted by atomic mass is 19.1. The van der Waals surface area contributed by atoms with Crippen molar-refractivity contribution < 1.29 is 4.39 Å². The van der Waals surface area contributed by atoms with E-state index in [2.05, 4.69) is 21.6 Å². The Morgan fingerprint density at radius 2 is 1.71 bits per heavy atom. The Labute approximate surface area is 161 Å². The van der Waals surface area contributed by atoms with Crippen LogP contribution in [0.2, 0.25) is 0 Å². The number of benzene rings is 3. The third-order valence-electron chi connectivity index (χ3n) is 4.30. The van der Waals surface area contributed by atoms with E-state index in [4.69, 9.17) is 5.26 Å². The van der Waals surface area contributed by atoms with Crippen molar-refractivity contribution in [2.75, 3.05) is 5.43 Å². The minimum Gasteiger partial charge on any atom is -0.279 e. The van der Waals surface area contributed by atoms with E-state index in [0.29, 0.717) is 5.56 Å². The first-order chi connectivity index (χ1) is 13.7. The fraction of sp³-hybridized carbons (Fsp3) is 0. The minimum absolute atomic E-state index is 0.280. The number of fused-ring (bicyclic) bond motifs is 1. The van der Waals surface area contributed by atoms with Crippen LogP contribution in [0.5, 0.6) is 0 Å². The van der Waals surface area contributed by atoms with Crippen molar-refractivity contribution in [3.8, 4) is 17.3 Å². The van der Waals surface area contributed by atoms with Crippen LogP contribution in [0.25, 0.3) is 22.2 Å². The molecule has 1 aromatic heterocycles. The van der Waals surface area contributed by atoms with E-state index < -0.39 is 0 Å². The summed E-state index contributed by atoms with van der Waals surface area (Å²) in [5, 5.41) is 14.2. The van der Waals surface area contributed by atoms with Crippen LogP contribution in [-0.2, 0) is 0 Å². The van der Waals surface area contributed by atoms with Crippen molar-refractivity contribution in [3.05, 3.63) is 95.8 Å². The Kier molecular flexibility index (Phi) is 4.77. The first-order valence-corrected chi connectivity index (χ1v) is 8.68. The lowest BCUT2D eigenvalue weighted by Gasteiger charge is -2.07. The summed E-state index contributed by atoms with van der Waals surface area (Å²) in [6.45, 7) is 0. The molecule has 3 aromatic carbocycles. The standard InChI is InChI=1S/C23H15FN4/c24-19-9-7-17(8-10-19)23-13-18(21-3-1-2-4-22(21)27-23)15-26-28-20-11-5-16(14-25)6-12-20/h1-13,15,28H/b26-15+. The fourth-order valence-corrected chi connectivity index (χ4v) is 2.87. The van der Waals surface area contributed by atoms with Crippen molar-refractivity contribution in [1.29, 1.82) is 5.26 Å². The lowest BCUT2D eigenvalue weighted by Crippen LogP contribution is -1.95. The van der Waals surface area contributed by atoms with Gasteiger partial charge in [0.2, 0.25) is 0 Å². The van der Waals surface area contributed by atoms with E-state index in [-0.39, 0.29) is 5.82 Å². The first-order valence-electron chi connectivity index (χ1n) is 8.68. The Bertz CT molecular complexity index is 1190. The molecule has 4 aromatic rings. The second-order valence-corrected chi connectivity index (χ2v) is 6.18. The Balaban J connectivity index is 1.68. The number of nitriles is 1. The van der Waals surface area contributed by atoms with Gasteiger partial charge in [-0.2, -0.15) is 10.4 Å². The molecular weight excluding hydrogens is 351 g/mol. The summed E-state index contributed by atoms with van der Waals surface area (Å²) in [6.07, 6.45) is 1.73. The van der Waals surface area contributed by atoms with Gasteiger partial charge >= 0.3 is 0 Å². The average Bonchev–Trinajstić information content (AvgIpc) is 2.74. The number of anilines is 1. The number of hydrogen-bond acceptors (Lipinski definition) is 4. The van der Waals surface area contributed by atoms with Gasteiger partial charge in [0.05, 0.1) is 34.7 Å². The summed E-state index contributed by atoms with van der Waals surface area (Å²) < 4.78 is 13.2. The molecule has 0 fully saturated rings. The quantitative estimate of drug-likeness (QED) is 0.391. The molecule has 1 N–H and O–H groups in total. The van der Waals surface area contributed by atoms with Gasteiger partial charge in [-0.15, -0.1) is 0 Å². The first kappa shape index (κ1) is 17.4. The average molecular weight is 366 g/mol. The molecule has 0 saturated carbocycles. The maximum absolute atomic E-state index is 13.2.